The Labute approximate surface area is 99.8 Å². The van der Waals surface area contributed by atoms with Crippen LogP contribution in [-0.2, 0) is 4.79 Å². The molecule has 1 saturated heterocycles. The number of amides is 1. The minimum absolute atomic E-state index is 0.286. The molecular formula is C13H26N2O. The molecule has 0 aromatic carbocycles. The van der Waals surface area contributed by atoms with E-state index in [-0.39, 0.29) is 5.92 Å². The third-order valence-corrected chi connectivity index (χ3v) is 3.37. The number of piperidine rings is 1. The predicted molar refractivity (Wildman–Crippen MR) is 67.4 cm³/mol. The van der Waals surface area contributed by atoms with Crippen LogP contribution in [0.2, 0.25) is 0 Å². The monoisotopic (exact) mass is 226 g/mol. The van der Waals surface area contributed by atoms with Crippen LogP contribution in [-0.4, -0.2) is 48.9 Å². The number of nitrogens with zero attached hydrogens (tertiary/aromatic N) is 2. The van der Waals surface area contributed by atoms with Crippen molar-refractivity contribution in [2.24, 2.45) is 5.92 Å². The van der Waals surface area contributed by atoms with Crippen molar-refractivity contribution in [1.82, 2.24) is 9.80 Å². The van der Waals surface area contributed by atoms with Crippen LogP contribution in [0.25, 0.3) is 0 Å². The molecule has 1 amide bonds. The quantitative estimate of drug-likeness (QED) is 0.715. The van der Waals surface area contributed by atoms with Crippen LogP contribution >= 0.6 is 0 Å². The summed E-state index contributed by atoms with van der Waals surface area (Å²) in [5.41, 5.74) is 0. The Balaban J connectivity index is 2.46. The highest BCUT2D eigenvalue weighted by molar-refractivity contribution is 5.79. The molecule has 3 nitrogen and oxygen atoms in total. The molecule has 3 heteroatoms. The molecule has 0 aliphatic carbocycles. The van der Waals surface area contributed by atoms with E-state index >= 15 is 0 Å². The Kier molecular flexibility index (Phi) is 5.81. The topological polar surface area (TPSA) is 23.6 Å². The van der Waals surface area contributed by atoms with Crippen molar-refractivity contribution < 1.29 is 4.79 Å². The van der Waals surface area contributed by atoms with Gasteiger partial charge in [0.2, 0.25) is 5.91 Å². The van der Waals surface area contributed by atoms with Crippen molar-refractivity contribution in [3.63, 3.8) is 0 Å². The van der Waals surface area contributed by atoms with Crippen molar-refractivity contribution >= 4 is 5.91 Å². The molecule has 16 heavy (non-hydrogen) atoms. The third kappa shape index (κ3) is 3.78. The molecule has 0 bridgehead atoms. The first-order valence-corrected chi connectivity index (χ1v) is 6.66. The van der Waals surface area contributed by atoms with Gasteiger partial charge >= 0.3 is 0 Å². The summed E-state index contributed by atoms with van der Waals surface area (Å²) < 4.78 is 0. The van der Waals surface area contributed by atoms with Crippen molar-refractivity contribution in [2.45, 2.75) is 39.5 Å². The van der Waals surface area contributed by atoms with Crippen LogP contribution in [0.1, 0.15) is 39.5 Å². The highest BCUT2D eigenvalue weighted by Gasteiger charge is 2.26. The summed E-state index contributed by atoms with van der Waals surface area (Å²) >= 11 is 0. The highest BCUT2D eigenvalue weighted by Crippen LogP contribution is 2.19. The van der Waals surface area contributed by atoms with Gasteiger partial charge in [0.25, 0.3) is 0 Å². The largest absolute Gasteiger partial charge is 0.342 e. The first kappa shape index (κ1) is 13.5. The maximum Gasteiger partial charge on any atom is 0.225 e. The molecule has 0 aromatic rings. The fourth-order valence-electron chi connectivity index (χ4n) is 2.39. The second-order valence-corrected chi connectivity index (χ2v) is 4.90. The number of hydrogen-bond donors (Lipinski definition) is 0. The van der Waals surface area contributed by atoms with Crippen LogP contribution in [0.3, 0.4) is 0 Å². The van der Waals surface area contributed by atoms with Crippen molar-refractivity contribution in [2.75, 3.05) is 33.2 Å². The van der Waals surface area contributed by atoms with Crippen LogP contribution in [0.4, 0.5) is 0 Å². The molecule has 1 rings (SSSR count). The van der Waals surface area contributed by atoms with E-state index < -0.39 is 0 Å². The Bertz CT molecular complexity index is 204. The minimum Gasteiger partial charge on any atom is -0.342 e. The van der Waals surface area contributed by atoms with Gasteiger partial charge in [0.05, 0.1) is 0 Å². The molecule has 1 aliphatic heterocycles. The average Bonchev–Trinajstić information content (AvgIpc) is 2.29. The van der Waals surface area contributed by atoms with E-state index in [2.05, 4.69) is 30.7 Å². The zero-order valence-electron chi connectivity index (χ0n) is 11.0. The van der Waals surface area contributed by atoms with E-state index in [0.717, 1.165) is 51.9 Å². The Morgan fingerprint density at radius 3 is 2.12 bits per heavy atom. The van der Waals surface area contributed by atoms with E-state index in [9.17, 15) is 4.79 Å². The zero-order valence-corrected chi connectivity index (χ0v) is 11.0. The standard InChI is InChI=1S/C13H26N2O/c1-4-8-15(9-5-2)13(16)12-6-10-14(3)11-7-12/h12H,4-11H2,1-3H3. The second-order valence-electron chi connectivity index (χ2n) is 4.90. The number of hydrogen-bond acceptors (Lipinski definition) is 2. The summed E-state index contributed by atoms with van der Waals surface area (Å²) in [6, 6.07) is 0. The van der Waals surface area contributed by atoms with E-state index in [1.807, 2.05) is 0 Å². The lowest BCUT2D eigenvalue weighted by Crippen LogP contribution is -2.42. The van der Waals surface area contributed by atoms with E-state index in [0.29, 0.717) is 5.91 Å². The van der Waals surface area contributed by atoms with Gasteiger partial charge in [-0.25, -0.2) is 0 Å². The predicted octanol–water partition coefficient (Wildman–Crippen LogP) is 1.98. The maximum absolute atomic E-state index is 12.3. The first-order chi connectivity index (χ1) is 7.69. The van der Waals surface area contributed by atoms with Gasteiger partial charge in [-0.2, -0.15) is 0 Å². The summed E-state index contributed by atoms with van der Waals surface area (Å²) in [4.78, 5) is 16.7. The van der Waals surface area contributed by atoms with Crippen molar-refractivity contribution in [3.8, 4) is 0 Å². The van der Waals surface area contributed by atoms with Crippen molar-refractivity contribution in [3.05, 3.63) is 0 Å². The van der Waals surface area contributed by atoms with Crippen LogP contribution in [0, 0.1) is 5.92 Å². The lowest BCUT2D eigenvalue weighted by molar-refractivity contribution is -0.137. The minimum atomic E-state index is 0.286. The molecule has 0 saturated carbocycles. The van der Waals surface area contributed by atoms with Gasteiger partial charge in [-0.3, -0.25) is 4.79 Å². The molecule has 0 aromatic heterocycles. The van der Waals surface area contributed by atoms with Gasteiger partial charge in [-0.1, -0.05) is 13.8 Å². The maximum atomic E-state index is 12.3. The number of carbonyl (C=O) groups is 1. The van der Waals surface area contributed by atoms with E-state index in [1.165, 1.54) is 0 Å². The SMILES string of the molecule is CCCN(CCC)C(=O)C1CCN(C)CC1. The van der Waals surface area contributed by atoms with E-state index in [4.69, 9.17) is 0 Å². The number of rotatable bonds is 5. The van der Waals surface area contributed by atoms with Crippen LogP contribution < -0.4 is 0 Å². The summed E-state index contributed by atoms with van der Waals surface area (Å²) in [6.07, 6.45) is 4.22. The fourth-order valence-corrected chi connectivity index (χ4v) is 2.39. The van der Waals surface area contributed by atoms with E-state index in [1.54, 1.807) is 0 Å². The summed E-state index contributed by atoms with van der Waals surface area (Å²) in [5, 5.41) is 0. The molecule has 1 aliphatic rings. The summed E-state index contributed by atoms with van der Waals surface area (Å²) in [5.74, 6) is 0.686. The van der Waals surface area contributed by atoms with Gasteiger partial charge in [0.1, 0.15) is 0 Å². The molecular weight excluding hydrogens is 200 g/mol. The molecule has 0 spiro atoms. The van der Waals surface area contributed by atoms with Gasteiger partial charge < -0.3 is 9.80 Å². The molecule has 94 valence electrons. The molecule has 1 fully saturated rings. The molecule has 0 unspecified atom stereocenters. The normalized spacial score (nSPS) is 18.7. The Hall–Kier alpha value is -0.570. The fraction of sp³-hybridized carbons (Fsp3) is 0.923. The van der Waals surface area contributed by atoms with Gasteiger partial charge in [0, 0.05) is 19.0 Å². The first-order valence-electron chi connectivity index (χ1n) is 6.66. The molecule has 1 heterocycles. The van der Waals surface area contributed by atoms with Gasteiger partial charge in [-0.15, -0.1) is 0 Å². The smallest absolute Gasteiger partial charge is 0.225 e. The number of carbonyl (C=O) groups excluding carboxylic acids is 1. The summed E-state index contributed by atoms with van der Waals surface area (Å²) in [7, 11) is 2.14. The van der Waals surface area contributed by atoms with Gasteiger partial charge in [-0.05, 0) is 45.8 Å². The lowest BCUT2D eigenvalue weighted by atomic mass is 9.95. The van der Waals surface area contributed by atoms with Gasteiger partial charge in [0.15, 0.2) is 0 Å². The van der Waals surface area contributed by atoms with Crippen LogP contribution in [0.15, 0.2) is 0 Å². The second kappa shape index (κ2) is 6.89. The molecule has 0 N–H and O–H groups in total. The molecule has 0 radical (unpaired) electrons. The molecule has 0 atom stereocenters. The third-order valence-electron chi connectivity index (χ3n) is 3.37. The van der Waals surface area contributed by atoms with Crippen LogP contribution in [0.5, 0.6) is 0 Å². The number of likely N-dealkylation sites (tertiary alicyclic amines) is 1. The highest BCUT2D eigenvalue weighted by atomic mass is 16.2. The Morgan fingerprint density at radius 2 is 1.69 bits per heavy atom. The lowest BCUT2D eigenvalue weighted by Gasteiger charge is -2.32. The Morgan fingerprint density at radius 1 is 1.19 bits per heavy atom. The average molecular weight is 226 g/mol. The summed E-state index contributed by atoms with van der Waals surface area (Å²) in [6.45, 7) is 8.29. The zero-order chi connectivity index (χ0) is 12.0. The van der Waals surface area contributed by atoms with Crippen molar-refractivity contribution in [1.29, 1.82) is 0 Å².